The van der Waals surface area contributed by atoms with Crippen molar-refractivity contribution in [1.29, 1.82) is 0 Å². The fourth-order valence-electron chi connectivity index (χ4n) is 0.978. The van der Waals surface area contributed by atoms with Crippen LogP contribution in [0.1, 0.15) is 24.2 Å². The predicted molar refractivity (Wildman–Crippen MR) is 56.2 cm³/mol. The van der Waals surface area contributed by atoms with E-state index in [-0.39, 0.29) is 5.78 Å². The van der Waals surface area contributed by atoms with E-state index in [1.807, 2.05) is 18.2 Å². The molecule has 0 fully saturated rings. The van der Waals surface area contributed by atoms with Crippen molar-refractivity contribution in [3.8, 4) is 0 Å². The van der Waals surface area contributed by atoms with Gasteiger partial charge in [-0.2, -0.15) is 0 Å². The molecule has 0 spiro atoms. The number of hydrogen-bond acceptors (Lipinski definition) is 2. The third kappa shape index (κ3) is 3.54. The minimum Gasteiger partial charge on any atom is -0.386 e. The highest BCUT2D eigenvalue weighted by molar-refractivity contribution is 6.04. The van der Waals surface area contributed by atoms with Gasteiger partial charge in [0.15, 0.2) is 5.78 Å². The Hall–Kier alpha value is -1.41. The van der Waals surface area contributed by atoms with E-state index in [9.17, 15) is 9.90 Å². The number of hydrogen-bond donors (Lipinski definition) is 1. The van der Waals surface area contributed by atoms with E-state index in [1.165, 1.54) is 12.2 Å². The highest BCUT2D eigenvalue weighted by Gasteiger charge is 2.08. The first-order valence-corrected chi connectivity index (χ1v) is 4.50. The van der Waals surface area contributed by atoms with Crippen LogP contribution in [0.2, 0.25) is 0 Å². The number of carbonyl (C=O) groups excluding carboxylic acids is 1. The standard InChI is InChI=1S/C12H14O2/c1-12(2,14)9-8-11(13)10-6-4-3-5-7-10/h3-9,14H,1-2H3/b9-8+. The molecule has 1 aromatic carbocycles. The monoisotopic (exact) mass is 190 g/mol. The van der Waals surface area contributed by atoms with Gasteiger partial charge < -0.3 is 5.11 Å². The maximum atomic E-state index is 11.5. The summed E-state index contributed by atoms with van der Waals surface area (Å²) >= 11 is 0. The van der Waals surface area contributed by atoms with E-state index in [2.05, 4.69) is 0 Å². The molecule has 0 radical (unpaired) electrons. The SMILES string of the molecule is CC(C)(O)/C=C/C(=O)c1ccccc1. The van der Waals surface area contributed by atoms with Crippen molar-refractivity contribution in [2.45, 2.75) is 19.4 Å². The number of benzene rings is 1. The van der Waals surface area contributed by atoms with Gasteiger partial charge in [-0.3, -0.25) is 4.79 Å². The van der Waals surface area contributed by atoms with E-state index in [4.69, 9.17) is 0 Å². The Morgan fingerprint density at radius 1 is 1.29 bits per heavy atom. The summed E-state index contributed by atoms with van der Waals surface area (Å²) in [5.41, 5.74) is -0.308. The molecule has 0 aliphatic rings. The third-order valence-corrected chi connectivity index (χ3v) is 1.70. The largest absolute Gasteiger partial charge is 0.386 e. The highest BCUT2D eigenvalue weighted by atomic mass is 16.3. The maximum absolute atomic E-state index is 11.5. The lowest BCUT2D eigenvalue weighted by atomic mass is 10.1. The van der Waals surface area contributed by atoms with Gasteiger partial charge in [0, 0.05) is 5.56 Å². The first kappa shape index (κ1) is 10.7. The summed E-state index contributed by atoms with van der Waals surface area (Å²) < 4.78 is 0. The van der Waals surface area contributed by atoms with Crippen LogP contribution in [0, 0.1) is 0 Å². The van der Waals surface area contributed by atoms with E-state index < -0.39 is 5.60 Å². The normalized spacial score (nSPS) is 11.9. The van der Waals surface area contributed by atoms with Crippen LogP contribution in [0.4, 0.5) is 0 Å². The van der Waals surface area contributed by atoms with Gasteiger partial charge in [-0.1, -0.05) is 30.3 Å². The maximum Gasteiger partial charge on any atom is 0.185 e. The molecule has 0 aromatic heterocycles. The Morgan fingerprint density at radius 3 is 2.36 bits per heavy atom. The summed E-state index contributed by atoms with van der Waals surface area (Å²) in [6.45, 7) is 3.25. The minimum absolute atomic E-state index is 0.0901. The van der Waals surface area contributed by atoms with Gasteiger partial charge in [-0.25, -0.2) is 0 Å². The Bertz CT molecular complexity index is 331. The van der Waals surface area contributed by atoms with E-state index >= 15 is 0 Å². The summed E-state index contributed by atoms with van der Waals surface area (Å²) in [7, 11) is 0. The number of aliphatic hydroxyl groups is 1. The van der Waals surface area contributed by atoms with Crippen LogP contribution in [-0.2, 0) is 0 Å². The first-order chi connectivity index (χ1) is 6.49. The zero-order valence-corrected chi connectivity index (χ0v) is 8.40. The molecule has 14 heavy (non-hydrogen) atoms. The molecule has 1 N–H and O–H groups in total. The molecule has 74 valence electrons. The van der Waals surface area contributed by atoms with Gasteiger partial charge in [0.2, 0.25) is 0 Å². The molecular weight excluding hydrogens is 176 g/mol. The predicted octanol–water partition coefficient (Wildman–Crippen LogP) is 2.20. The van der Waals surface area contributed by atoms with E-state index in [0.717, 1.165) is 0 Å². The fraction of sp³-hybridized carbons (Fsp3) is 0.250. The summed E-state index contributed by atoms with van der Waals surface area (Å²) in [6, 6.07) is 8.97. The van der Waals surface area contributed by atoms with Crippen LogP contribution < -0.4 is 0 Å². The Morgan fingerprint density at radius 2 is 1.86 bits per heavy atom. The Labute approximate surface area is 83.9 Å². The lowest BCUT2D eigenvalue weighted by Crippen LogP contribution is -2.14. The average Bonchev–Trinajstić information content (AvgIpc) is 2.14. The lowest BCUT2D eigenvalue weighted by Gasteiger charge is -2.09. The van der Waals surface area contributed by atoms with Crippen LogP contribution >= 0.6 is 0 Å². The molecular formula is C12H14O2. The second-order valence-corrected chi connectivity index (χ2v) is 3.72. The van der Waals surface area contributed by atoms with Gasteiger partial charge in [0.25, 0.3) is 0 Å². The summed E-state index contributed by atoms with van der Waals surface area (Å²) in [4.78, 5) is 11.5. The van der Waals surface area contributed by atoms with Crippen molar-refractivity contribution in [3.63, 3.8) is 0 Å². The molecule has 0 atom stereocenters. The van der Waals surface area contributed by atoms with Crippen molar-refractivity contribution in [1.82, 2.24) is 0 Å². The molecule has 0 saturated heterocycles. The summed E-state index contributed by atoms with van der Waals surface area (Å²) in [5.74, 6) is -0.0901. The van der Waals surface area contributed by atoms with Crippen LogP contribution in [-0.4, -0.2) is 16.5 Å². The molecule has 0 bridgehead atoms. The van der Waals surface area contributed by atoms with Crippen LogP contribution in [0.3, 0.4) is 0 Å². The smallest absolute Gasteiger partial charge is 0.185 e. The molecule has 1 rings (SSSR count). The Balaban J connectivity index is 2.74. The van der Waals surface area contributed by atoms with Gasteiger partial charge in [-0.15, -0.1) is 0 Å². The number of allylic oxidation sites excluding steroid dienone is 1. The van der Waals surface area contributed by atoms with Crippen LogP contribution in [0.25, 0.3) is 0 Å². The van der Waals surface area contributed by atoms with Crippen molar-refractivity contribution >= 4 is 5.78 Å². The molecule has 2 heteroatoms. The Kier molecular flexibility index (Phi) is 3.20. The number of rotatable bonds is 3. The van der Waals surface area contributed by atoms with E-state index in [0.29, 0.717) is 5.56 Å². The van der Waals surface area contributed by atoms with Gasteiger partial charge in [0.05, 0.1) is 5.60 Å². The molecule has 1 aromatic rings. The third-order valence-electron chi connectivity index (χ3n) is 1.70. The number of ketones is 1. The van der Waals surface area contributed by atoms with E-state index in [1.54, 1.807) is 26.0 Å². The highest BCUT2D eigenvalue weighted by Crippen LogP contribution is 2.05. The molecule has 0 aliphatic carbocycles. The molecule has 0 amide bonds. The van der Waals surface area contributed by atoms with Gasteiger partial charge in [-0.05, 0) is 26.0 Å². The zero-order chi connectivity index (χ0) is 10.6. The fourth-order valence-corrected chi connectivity index (χ4v) is 0.978. The zero-order valence-electron chi connectivity index (χ0n) is 8.40. The van der Waals surface area contributed by atoms with Crippen LogP contribution in [0.15, 0.2) is 42.5 Å². The summed E-state index contributed by atoms with van der Waals surface area (Å²) in [6.07, 6.45) is 2.89. The second kappa shape index (κ2) is 4.20. The molecule has 2 nitrogen and oxygen atoms in total. The van der Waals surface area contributed by atoms with Crippen LogP contribution in [0.5, 0.6) is 0 Å². The van der Waals surface area contributed by atoms with Crippen molar-refractivity contribution in [2.24, 2.45) is 0 Å². The topological polar surface area (TPSA) is 37.3 Å². The lowest BCUT2D eigenvalue weighted by molar-refractivity contribution is 0.103. The second-order valence-electron chi connectivity index (χ2n) is 3.72. The average molecular weight is 190 g/mol. The van der Waals surface area contributed by atoms with Gasteiger partial charge in [0.1, 0.15) is 0 Å². The minimum atomic E-state index is -0.940. The van der Waals surface area contributed by atoms with Crippen molar-refractivity contribution in [2.75, 3.05) is 0 Å². The molecule has 0 heterocycles. The van der Waals surface area contributed by atoms with Crippen molar-refractivity contribution < 1.29 is 9.90 Å². The quantitative estimate of drug-likeness (QED) is 0.586. The van der Waals surface area contributed by atoms with Gasteiger partial charge >= 0.3 is 0 Å². The first-order valence-electron chi connectivity index (χ1n) is 4.50. The molecule has 0 unspecified atom stereocenters. The molecule has 0 saturated carbocycles. The number of carbonyl (C=O) groups is 1. The summed E-state index contributed by atoms with van der Waals surface area (Å²) in [5, 5.41) is 9.37. The molecule has 0 aliphatic heterocycles. The van der Waals surface area contributed by atoms with Crippen molar-refractivity contribution in [3.05, 3.63) is 48.0 Å².